The van der Waals surface area contributed by atoms with Crippen LogP contribution in [-0.4, -0.2) is 30.6 Å². The van der Waals surface area contributed by atoms with Crippen molar-refractivity contribution in [2.45, 2.75) is 13.8 Å². The molecule has 0 unspecified atom stereocenters. The fourth-order valence-electron chi connectivity index (χ4n) is 3.97. The summed E-state index contributed by atoms with van der Waals surface area (Å²) in [5.41, 5.74) is 16.9. The lowest BCUT2D eigenvalue weighted by Gasteiger charge is -2.15. The zero-order valence-electron chi connectivity index (χ0n) is 17.9. The number of anilines is 1. The molecule has 1 amide bonds. The van der Waals surface area contributed by atoms with Crippen LogP contribution in [0.5, 0.6) is 5.75 Å². The molecule has 0 saturated heterocycles. The summed E-state index contributed by atoms with van der Waals surface area (Å²) in [5, 5.41) is 14.7. The number of aromatic nitrogens is 4. The summed E-state index contributed by atoms with van der Waals surface area (Å²) in [6.07, 6.45) is 6.68. The number of aryl methyl sites for hydroxylation is 1. The van der Waals surface area contributed by atoms with Gasteiger partial charge in [-0.1, -0.05) is 12.1 Å². The van der Waals surface area contributed by atoms with Gasteiger partial charge in [-0.25, -0.2) is 9.50 Å². The van der Waals surface area contributed by atoms with Crippen LogP contribution < -0.4 is 11.5 Å². The quantitative estimate of drug-likeness (QED) is 0.386. The smallest absolute Gasteiger partial charge is 0.254 e. The summed E-state index contributed by atoms with van der Waals surface area (Å²) in [4.78, 5) is 21.0. The minimum atomic E-state index is -0.732. The van der Waals surface area contributed by atoms with Crippen LogP contribution in [0, 0.1) is 13.8 Å². The number of benzene rings is 1. The Hall–Kier alpha value is -4.66. The molecule has 0 fully saturated rings. The molecule has 0 saturated carbocycles. The predicted octanol–water partition coefficient (Wildman–Crippen LogP) is 3.72. The summed E-state index contributed by atoms with van der Waals surface area (Å²) in [6, 6.07) is 8.93. The SMILES string of the molecule is Cc1ccc(O)c(C)c1-c1cn2nc(-c3cc(-c4cccnc4)co3)nc2c(C(N)=O)c1N. The summed E-state index contributed by atoms with van der Waals surface area (Å²) in [5.74, 6) is 0.0733. The van der Waals surface area contributed by atoms with Crippen molar-refractivity contribution in [3.05, 3.63) is 71.9 Å². The van der Waals surface area contributed by atoms with E-state index in [1.54, 1.807) is 50.0 Å². The van der Waals surface area contributed by atoms with Gasteiger partial charge in [0, 0.05) is 35.3 Å². The topological polar surface area (TPSA) is 146 Å². The number of primary amides is 1. The maximum absolute atomic E-state index is 12.4. The predicted molar refractivity (Wildman–Crippen MR) is 123 cm³/mol. The lowest BCUT2D eigenvalue weighted by atomic mass is 9.93. The highest BCUT2D eigenvalue weighted by atomic mass is 16.3. The van der Waals surface area contributed by atoms with E-state index in [1.807, 2.05) is 19.1 Å². The number of amides is 1. The van der Waals surface area contributed by atoms with Crippen molar-refractivity contribution in [2.75, 3.05) is 5.73 Å². The van der Waals surface area contributed by atoms with Gasteiger partial charge in [-0.3, -0.25) is 9.78 Å². The second kappa shape index (κ2) is 7.49. The number of aromatic hydroxyl groups is 1. The van der Waals surface area contributed by atoms with Gasteiger partial charge in [-0.2, -0.15) is 0 Å². The number of furan rings is 1. The average molecular weight is 440 g/mol. The fraction of sp³-hybridized carbons (Fsp3) is 0.0833. The van der Waals surface area contributed by atoms with Gasteiger partial charge in [0.15, 0.2) is 11.4 Å². The first-order valence-electron chi connectivity index (χ1n) is 10.1. The zero-order chi connectivity index (χ0) is 23.3. The largest absolute Gasteiger partial charge is 0.508 e. The van der Waals surface area contributed by atoms with Crippen LogP contribution in [0.1, 0.15) is 21.5 Å². The molecule has 5 N–H and O–H groups in total. The van der Waals surface area contributed by atoms with Gasteiger partial charge in [-0.05, 0) is 48.7 Å². The summed E-state index contributed by atoms with van der Waals surface area (Å²) >= 11 is 0. The Balaban J connectivity index is 1.71. The van der Waals surface area contributed by atoms with Gasteiger partial charge in [0.05, 0.1) is 12.0 Å². The molecule has 0 aliphatic heterocycles. The molecule has 9 heteroatoms. The zero-order valence-corrected chi connectivity index (χ0v) is 17.9. The van der Waals surface area contributed by atoms with Crippen LogP contribution >= 0.6 is 0 Å². The Bertz CT molecular complexity index is 1540. The number of fused-ring (bicyclic) bond motifs is 1. The van der Waals surface area contributed by atoms with Crippen molar-refractivity contribution >= 4 is 17.2 Å². The maximum atomic E-state index is 12.4. The van der Waals surface area contributed by atoms with E-state index >= 15 is 0 Å². The molecule has 0 atom stereocenters. The first kappa shape index (κ1) is 20.3. The molecular formula is C24H20N6O3. The summed E-state index contributed by atoms with van der Waals surface area (Å²) in [7, 11) is 0. The van der Waals surface area contributed by atoms with E-state index in [4.69, 9.17) is 15.9 Å². The van der Waals surface area contributed by atoms with E-state index in [0.29, 0.717) is 22.5 Å². The molecule has 5 aromatic rings. The highest BCUT2D eigenvalue weighted by Crippen LogP contribution is 2.38. The molecule has 4 aromatic heterocycles. The summed E-state index contributed by atoms with van der Waals surface area (Å²) < 4.78 is 7.14. The molecule has 4 heterocycles. The molecule has 33 heavy (non-hydrogen) atoms. The van der Waals surface area contributed by atoms with E-state index in [9.17, 15) is 9.90 Å². The van der Waals surface area contributed by atoms with E-state index in [-0.39, 0.29) is 28.5 Å². The van der Waals surface area contributed by atoms with Crippen molar-refractivity contribution in [1.29, 1.82) is 0 Å². The van der Waals surface area contributed by atoms with Crippen LogP contribution in [0.2, 0.25) is 0 Å². The number of phenolic OH excluding ortho intramolecular Hbond substituents is 1. The Morgan fingerprint density at radius 2 is 2.00 bits per heavy atom. The molecule has 0 bridgehead atoms. The van der Waals surface area contributed by atoms with Gasteiger partial charge >= 0.3 is 0 Å². The number of phenols is 1. The minimum Gasteiger partial charge on any atom is -0.508 e. The third-order valence-corrected chi connectivity index (χ3v) is 5.64. The molecule has 164 valence electrons. The number of hydrogen-bond acceptors (Lipinski definition) is 7. The number of pyridine rings is 2. The van der Waals surface area contributed by atoms with Gasteiger partial charge < -0.3 is 21.0 Å². The average Bonchev–Trinajstić information content (AvgIpc) is 3.44. The van der Waals surface area contributed by atoms with Crippen molar-refractivity contribution in [3.8, 4) is 39.6 Å². The number of nitrogens with two attached hydrogens (primary N) is 2. The Labute approximate surface area is 188 Å². The van der Waals surface area contributed by atoms with Gasteiger partial charge in [0.25, 0.3) is 5.91 Å². The van der Waals surface area contributed by atoms with Crippen molar-refractivity contribution in [2.24, 2.45) is 5.73 Å². The maximum Gasteiger partial charge on any atom is 0.254 e. The molecule has 1 aromatic carbocycles. The number of nitrogen functional groups attached to an aromatic ring is 1. The molecule has 9 nitrogen and oxygen atoms in total. The molecule has 0 radical (unpaired) electrons. The normalized spacial score (nSPS) is 11.2. The van der Waals surface area contributed by atoms with Gasteiger partial charge in [0.1, 0.15) is 11.3 Å². The van der Waals surface area contributed by atoms with Gasteiger partial charge in [-0.15, -0.1) is 5.10 Å². The summed E-state index contributed by atoms with van der Waals surface area (Å²) in [6.45, 7) is 3.67. The first-order valence-corrected chi connectivity index (χ1v) is 10.1. The van der Waals surface area contributed by atoms with Crippen LogP contribution in [0.3, 0.4) is 0 Å². The van der Waals surface area contributed by atoms with Crippen molar-refractivity contribution < 1.29 is 14.3 Å². The molecular weight excluding hydrogens is 420 g/mol. The highest BCUT2D eigenvalue weighted by Gasteiger charge is 2.23. The highest BCUT2D eigenvalue weighted by molar-refractivity contribution is 6.07. The van der Waals surface area contributed by atoms with Gasteiger partial charge in [0.2, 0.25) is 5.82 Å². The fourth-order valence-corrected chi connectivity index (χ4v) is 3.97. The second-order valence-electron chi connectivity index (χ2n) is 7.74. The number of hydrogen-bond donors (Lipinski definition) is 3. The van der Waals surface area contributed by atoms with Crippen molar-refractivity contribution in [3.63, 3.8) is 0 Å². The third kappa shape index (κ3) is 3.26. The first-order chi connectivity index (χ1) is 15.8. The van der Waals surface area contributed by atoms with Crippen LogP contribution in [-0.2, 0) is 0 Å². The molecule has 0 aliphatic rings. The Morgan fingerprint density at radius 3 is 2.73 bits per heavy atom. The molecule has 5 rings (SSSR count). The minimum absolute atomic E-state index is 0.0485. The lowest BCUT2D eigenvalue weighted by Crippen LogP contribution is -2.16. The Kier molecular flexibility index (Phi) is 4.59. The van der Waals surface area contributed by atoms with Crippen LogP contribution in [0.25, 0.3) is 39.5 Å². The Morgan fingerprint density at radius 1 is 1.18 bits per heavy atom. The number of rotatable bonds is 4. The second-order valence-corrected chi connectivity index (χ2v) is 7.74. The van der Waals surface area contributed by atoms with Crippen molar-refractivity contribution in [1.82, 2.24) is 19.6 Å². The van der Waals surface area contributed by atoms with Crippen LogP contribution in [0.4, 0.5) is 5.69 Å². The van der Waals surface area contributed by atoms with Crippen LogP contribution in [0.15, 0.2) is 59.6 Å². The number of nitrogens with zero attached hydrogens (tertiary/aromatic N) is 4. The third-order valence-electron chi connectivity index (χ3n) is 5.64. The van der Waals surface area contributed by atoms with E-state index in [0.717, 1.165) is 16.7 Å². The monoisotopic (exact) mass is 440 g/mol. The van der Waals surface area contributed by atoms with E-state index in [2.05, 4.69) is 15.1 Å². The molecule has 0 aliphatic carbocycles. The number of carbonyl (C=O) groups is 1. The van der Waals surface area contributed by atoms with E-state index < -0.39 is 5.91 Å². The number of carbonyl (C=O) groups excluding carboxylic acids is 1. The lowest BCUT2D eigenvalue weighted by molar-refractivity contribution is 0.100. The standard InChI is InChI=1S/C24H20N6O3/c1-12-5-6-17(31)13(2)19(12)16-10-30-24(20(21(16)25)22(26)32)28-23(29-30)18-8-15(11-33-18)14-4-3-7-27-9-14/h3-11,31H,25H2,1-2H3,(H2,26,32). The molecule has 0 spiro atoms. The van der Waals surface area contributed by atoms with E-state index in [1.165, 1.54) is 4.52 Å².